The average molecular weight is 508 g/mol. The first-order valence-corrected chi connectivity index (χ1v) is 12.6. The van der Waals surface area contributed by atoms with E-state index in [0.29, 0.717) is 13.2 Å². The number of fused-ring (bicyclic) bond motifs is 2. The Morgan fingerprint density at radius 2 is 1.44 bits per heavy atom. The average Bonchev–Trinajstić information content (AvgIpc) is 3.45. The fraction of sp³-hybridized carbons (Fsp3) is 0.571. The van der Waals surface area contributed by atoms with Crippen LogP contribution < -0.4 is 0 Å². The second kappa shape index (κ2) is 13.2. The van der Waals surface area contributed by atoms with Crippen molar-refractivity contribution in [2.75, 3.05) is 45.9 Å². The Morgan fingerprint density at radius 3 is 1.97 bits per heavy atom. The molecule has 0 aromatic heterocycles. The summed E-state index contributed by atoms with van der Waals surface area (Å²) >= 11 is 0. The molecular formula is C28H40Cl2N2O2. The summed E-state index contributed by atoms with van der Waals surface area (Å²) in [6.07, 6.45) is 5.23. The Balaban J connectivity index is 0.00000162. The molecule has 2 saturated carbocycles. The molecule has 4 atom stereocenters. The Kier molecular flexibility index (Phi) is 10.7. The lowest BCUT2D eigenvalue weighted by Gasteiger charge is -2.40. The molecule has 2 aliphatic carbocycles. The first kappa shape index (κ1) is 27.4. The summed E-state index contributed by atoms with van der Waals surface area (Å²) in [5, 5.41) is 10.6. The van der Waals surface area contributed by atoms with Crippen LogP contribution in [0.1, 0.15) is 42.9 Å². The summed E-state index contributed by atoms with van der Waals surface area (Å²) in [4.78, 5) is 4.98. The van der Waals surface area contributed by atoms with Gasteiger partial charge >= 0.3 is 0 Å². The molecule has 0 radical (unpaired) electrons. The van der Waals surface area contributed by atoms with Crippen molar-refractivity contribution in [2.24, 2.45) is 17.8 Å². The standard InChI is InChI=1S/C28H38N2O2.2ClH/c31-27(21-32-20-26-18-22-11-12-25(26)17-22)19-29-13-15-30(16-14-29)28(23-7-3-1-4-8-23)24-9-5-2-6-10-24;;/h1-10,22,25-28,31H,11-21H2;2*1H. The van der Waals surface area contributed by atoms with E-state index in [9.17, 15) is 5.11 Å². The molecule has 1 saturated heterocycles. The molecular weight excluding hydrogens is 467 g/mol. The molecule has 0 amide bonds. The molecule has 3 fully saturated rings. The van der Waals surface area contributed by atoms with Gasteiger partial charge in [0, 0.05) is 39.3 Å². The third-order valence-corrected chi connectivity index (χ3v) is 8.00. The SMILES string of the molecule is Cl.Cl.OC(COCC1CC2CCC1C2)CN1CCN(C(c2ccccc2)c2ccccc2)CC1. The van der Waals surface area contributed by atoms with E-state index in [-0.39, 0.29) is 37.0 Å². The molecule has 34 heavy (non-hydrogen) atoms. The molecule has 188 valence electrons. The van der Waals surface area contributed by atoms with Crippen molar-refractivity contribution in [3.8, 4) is 0 Å². The summed E-state index contributed by atoms with van der Waals surface area (Å²) in [6, 6.07) is 21.9. The van der Waals surface area contributed by atoms with Crippen LogP contribution in [-0.4, -0.2) is 66.9 Å². The third-order valence-electron chi connectivity index (χ3n) is 8.00. The van der Waals surface area contributed by atoms with Crippen molar-refractivity contribution < 1.29 is 9.84 Å². The highest BCUT2D eigenvalue weighted by Gasteiger charge is 2.39. The van der Waals surface area contributed by atoms with Gasteiger partial charge < -0.3 is 9.84 Å². The fourth-order valence-corrected chi connectivity index (χ4v) is 6.38. The van der Waals surface area contributed by atoms with E-state index >= 15 is 0 Å². The molecule has 4 unspecified atom stereocenters. The number of hydrogen-bond acceptors (Lipinski definition) is 4. The highest BCUT2D eigenvalue weighted by Crippen LogP contribution is 2.48. The summed E-state index contributed by atoms with van der Waals surface area (Å²) in [5.41, 5.74) is 2.70. The number of benzene rings is 2. The van der Waals surface area contributed by atoms with Gasteiger partial charge in [-0.2, -0.15) is 0 Å². The zero-order chi connectivity index (χ0) is 21.8. The largest absolute Gasteiger partial charge is 0.389 e. The quantitative estimate of drug-likeness (QED) is 0.515. The summed E-state index contributed by atoms with van der Waals surface area (Å²) in [6.45, 7) is 6.03. The van der Waals surface area contributed by atoms with E-state index in [4.69, 9.17) is 4.74 Å². The van der Waals surface area contributed by atoms with Gasteiger partial charge in [0.1, 0.15) is 0 Å². The Bertz CT molecular complexity index is 793. The number of rotatable bonds is 9. The van der Waals surface area contributed by atoms with E-state index in [1.807, 2.05) is 0 Å². The highest BCUT2D eigenvalue weighted by atomic mass is 35.5. The summed E-state index contributed by atoms with van der Waals surface area (Å²) in [5.74, 6) is 2.61. The van der Waals surface area contributed by atoms with Crippen molar-refractivity contribution in [3.63, 3.8) is 0 Å². The highest BCUT2D eigenvalue weighted by molar-refractivity contribution is 5.85. The molecule has 2 aromatic rings. The monoisotopic (exact) mass is 506 g/mol. The predicted molar refractivity (Wildman–Crippen MR) is 143 cm³/mol. The second-order valence-electron chi connectivity index (χ2n) is 10.2. The molecule has 1 N–H and O–H groups in total. The van der Waals surface area contributed by atoms with Crippen LogP contribution in [0.25, 0.3) is 0 Å². The van der Waals surface area contributed by atoms with Crippen LogP contribution in [0.3, 0.4) is 0 Å². The number of ether oxygens (including phenoxy) is 1. The van der Waals surface area contributed by atoms with Gasteiger partial charge in [0.05, 0.1) is 18.8 Å². The van der Waals surface area contributed by atoms with Gasteiger partial charge in [0.15, 0.2) is 0 Å². The van der Waals surface area contributed by atoms with Crippen molar-refractivity contribution in [3.05, 3.63) is 71.8 Å². The number of piperazine rings is 1. The zero-order valence-electron chi connectivity index (χ0n) is 20.0. The van der Waals surface area contributed by atoms with Gasteiger partial charge in [-0.05, 0) is 48.1 Å². The lowest BCUT2D eigenvalue weighted by atomic mass is 9.90. The maximum Gasteiger partial charge on any atom is 0.0900 e. The zero-order valence-corrected chi connectivity index (χ0v) is 21.6. The summed E-state index contributed by atoms with van der Waals surface area (Å²) < 4.78 is 5.96. The first-order valence-electron chi connectivity index (χ1n) is 12.6. The van der Waals surface area contributed by atoms with Crippen molar-refractivity contribution in [1.82, 2.24) is 9.80 Å². The van der Waals surface area contributed by atoms with E-state index in [1.165, 1.54) is 36.8 Å². The van der Waals surface area contributed by atoms with Crippen molar-refractivity contribution in [2.45, 2.75) is 37.8 Å². The van der Waals surface area contributed by atoms with Crippen LogP contribution in [0.5, 0.6) is 0 Å². The molecule has 6 heteroatoms. The Labute approximate surface area is 217 Å². The lowest BCUT2D eigenvalue weighted by molar-refractivity contribution is -0.0101. The van der Waals surface area contributed by atoms with Crippen LogP contribution >= 0.6 is 24.8 Å². The normalized spacial score (nSPS) is 25.6. The van der Waals surface area contributed by atoms with Crippen LogP contribution in [0.4, 0.5) is 0 Å². The predicted octanol–water partition coefficient (Wildman–Crippen LogP) is 5.05. The third kappa shape index (κ3) is 6.75. The van der Waals surface area contributed by atoms with Crippen LogP contribution in [0.15, 0.2) is 60.7 Å². The van der Waals surface area contributed by atoms with Crippen LogP contribution in [-0.2, 0) is 4.74 Å². The van der Waals surface area contributed by atoms with Gasteiger partial charge in [0.25, 0.3) is 0 Å². The number of aliphatic hydroxyl groups excluding tert-OH is 1. The minimum atomic E-state index is -0.390. The molecule has 2 bridgehead atoms. The lowest BCUT2D eigenvalue weighted by Crippen LogP contribution is -2.50. The number of halogens is 2. The number of hydrogen-bond donors (Lipinski definition) is 1. The van der Waals surface area contributed by atoms with Crippen molar-refractivity contribution >= 4 is 24.8 Å². The van der Waals surface area contributed by atoms with Gasteiger partial charge in [-0.3, -0.25) is 9.80 Å². The van der Waals surface area contributed by atoms with E-state index in [0.717, 1.165) is 50.5 Å². The molecule has 1 aliphatic heterocycles. The molecule has 4 nitrogen and oxygen atoms in total. The number of β-amino-alcohol motifs (C(OH)–C–C–N with tert-alkyl or cyclic N) is 1. The summed E-state index contributed by atoms with van der Waals surface area (Å²) in [7, 11) is 0. The topological polar surface area (TPSA) is 35.9 Å². The minimum Gasteiger partial charge on any atom is -0.389 e. The van der Waals surface area contributed by atoms with Gasteiger partial charge in [0.2, 0.25) is 0 Å². The van der Waals surface area contributed by atoms with E-state index in [1.54, 1.807) is 0 Å². The number of nitrogens with zero attached hydrogens (tertiary/aromatic N) is 2. The van der Waals surface area contributed by atoms with E-state index in [2.05, 4.69) is 70.5 Å². The fourth-order valence-electron chi connectivity index (χ4n) is 6.38. The van der Waals surface area contributed by atoms with Gasteiger partial charge in [-0.25, -0.2) is 0 Å². The molecule has 2 aromatic carbocycles. The van der Waals surface area contributed by atoms with Gasteiger partial charge in [-0.1, -0.05) is 67.1 Å². The first-order chi connectivity index (χ1) is 15.8. The van der Waals surface area contributed by atoms with E-state index < -0.39 is 0 Å². The molecule has 3 aliphatic rings. The van der Waals surface area contributed by atoms with Crippen molar-refractivity contribution in [1.29, 1.82) is 0 Å². The molecule has 5 rings (SSSR count). The molecule has 0 spiro atoms. The Hall–Kier alpha value is -1.14. The number of aliphatic hydroxyl groups is 1. The molecule has 1 heterocycles. The maximum atomic E-state index is 10.6. The van der Waals surface area contributed by atoms with Gasteiger partial charge in [-0.15, -0.1) is 24.8 Å². The van der Waals surface area contributed by atoms with Crippen LogP contribution in [0, 0.1) is 17.8 Å². The van der Waals surface area contributed by atoms with Crippen LogP contribution in [0.2, 0.25) is 0 Å². The Morgan fingerprint density at radius 1 is 0.824 bits per heavy atom. The minimum absolute atomic E-state index is 0. The smallest absolute Gasteiger partial charge is 0.0900 e. The second-order valence-corrected chi connectivity index (χ2v) is 10.2. The maximum absolute atomic E-state index is 10.6.